The van der Waals surface area contributed by atoms with Crippen molar-refractivity contribution in [2.24, 2.45) is 0 Å². The van der Waals surface area contributed by atoms with Gasteiger partial charge in [0.1, 0.15) is 5.75 Å². The van der Waals surface area contributed by atoms with Crippen LogP contribution in [0.3, 0.4) is 0 Å². The second kappa shape index (κ2) is 20.1. The molecule has 0 bridgehead atoms. The van der Waals surface area contributed by atoms with Gasteiger partial charge in [0.2, 0.25) is 5.91 Å². The number of carbonyl (C=O) groups is 3. The summed E-state index contributed by atoms with van der Waals surface area (Å²) in [6.45, 7) is 1.26. The number of thiazole rings is 1. The van der Waals surface area contributed by atoms with Crippen LogP contribution in [0.1, 0.15) is 52.0 Å². The molecular weight excluding hydrogens is 623 g/mol. The molecule has 1 heterocycles. The van der Waals surface area contributed by atoms with Gasteiger partial charge < -0.3 is 20.1 Å². The van der Waals surface area contributed by atoms with E-state index in [1.165, 1.54) is 16.9 Å². The molecule has 5 aromatic rings. The second-order valence-electron chi connectivity index (χ2n) is 11.1. The van der Waals surface area contributed by atoms with Crippen molar-refractivity contribution in [3.63, 3.8) is 0 Å². The summed E-state index contributed by atoms with van der Waals surface area (Å²) in [5.41, 5.74) is 6.79. The number of nitrogens with zero attached hydrogens (tertiary/aromatic N) is 2. The first-order chi connectivity index (χ1) is 23.5. The third-order valence-corrected chi connectivity index (χ3v) is 8.01. The molecule has 1 aromatic heterocycles. The largest absolute Gasteiger partial charge is 0.482 e. The number of carboxylic acids is 1. The van der Waals surface area contributed by atoms with Crippen LogP contribution in [0, 0.1) is 0 Å². The predicted molar refractivity (Wildman–Crippen MR) is 189 cm³/mol. The van der Waals surface area contributed by atoms with Crippen molar-refractivity contribution in [3.05, 3.63) is 154 Å². The molecule has 0 atom stereocenters. The van der Waals surface area contributed by atoms with Crippen LogP contribution in [0.2, 0.25) is 0 Å². The Bertz CT molecular complexity index is 1650. The molecule has 0 aliphatic heterocycles. The van der Waals surface area contributed by atoms with E-state index in [0.29, 0.717) is 31.7 Å². The van der Waals surface area contributed by atoms with Crippen LogP contribution in [-0.4, -0.2) is 45.9 Å². The Labute approximate surface area is 286 Å². The van der Waals surface area contributed by atoms with Gasteiger partial charge in [0.25, 0.3) is 5.91 Å². The normalized spacial score (nSPS) is 10.3. The molecular formula is C39H41N3O5S. The predicted octanol–water partition coefficient (Wildman–Crippen LogP) is 7.21. The summed E-state index contributed by atoms with van der Waals surface area (Å²) in [7, 11) is 0. The van der Waals surface area contributed by atoms with Crippen LogP contribution in [0.25, 0.3) is 0 Å². The van der Waals surface area contributed by atoms with E-state index in [4.69, 9.17) is 9.84 Å². The second-order valence-corrected chi connectivity index (χ2v) is 11.8. The Morgan fingerprint density at radius 1 is 0.729 bits per heavy atom. The highest BCUT2D eigenvalue weighted by molar-refractivity contribution is 7.07. The van der Waals surface area contributed by atoms with Crippen LogP contribution < -0.4 is 10.1 Å². The average molecular weight is 664 g/mol. The highest BCUT2D eigenvalue weighted by Crippen LogP contribution is 2.17. The molecule has 0 saturated carbocycles. The summed E-state index contributed by atoms with van der Waals surface area (Å²) >= 11 is 1.51. The fourth-order valence-corrected chi connectivity index (χ4v) is 5.40. The van der Waals surface area contributed by atoms with Crippen molar-refractivity contribution in [3.8, 4) is 5.75 Å². The number of unbranched alkanes of at least 4 members (excludes halogenated alkanes) is 1. The molecule has 0 aliphatic rings. The summed E-state index contributed by atoms with van der Waals surface area (Å²) < 4.78 is 5.16. The van der Waals surface area contributed by atoms with Crippen LogP contribution in [0.5, 0.6) is 5.75 Å². The van der Waals surface area contributed by atoms with Gasteiger partial charge in [-0.05, 0) is 66.6 Å². The number of ether oxygens (including phenoxy) is 1. The number of amides is 2. The first kappa shape index (κ1) is 35.6. The third kappa shape index (κ3) is 13.2. The summed E-state index contributed by atoms with van der Waals surface area (Å²) in [4.78, 5) is 41.4. The van der Waals surface area contributed by atoms with Crippen molar-refractivity contribution in [1.29, 1.82) is 0 Å². The lowest BCUT2D eigenvalue weighted by Crippen LogP contribution is -2.30. The van der Waals surface area contributed by atoms with E-state index in [2.05, 4.69) is 34.6 Å². The molecule has 8 nitrogen and oxygen atoms in total. The van der Waals surface area contributed by atoms with Gasteiger partial charge in [0.05, 0.1) is 17.7 Å². The van der Waals surface area contributed by atoms with Gasteiger partial charge in [-0.3, -0.25) is 9.59 Å². The summed E-state index contributed by atoms with van der Waals surface area (Å²) in [6.07, 6.45) is 4.29. The fraction of sp³-hybridized carbons (Fsp3) is 0.231. The fourth-order valence-electron chi connectivity index (χ4n) is 4.85. The van der Waals surface area contributed by atoms with Crippen molar-refractivity contribution >= 4 is 29.1 Å². The van der Waals surface area contributed by atoms with Crippen molar-refractivity contribution in [2.45, 2.75) is 45.2 Å². The molecule has 9 heteroatoms. The molecule has 0 unspecified atom stereocenters. The van der Waals surface area contributed by atoms with Gasteiger partial charge in [-0.2, -0.15) is 0 Å². The van der Waals surface area contributed by atoms with Gasteiger partial charge >= 0.3 is 5.97 Å². The zero-order chi connectivity index (χ0) is 33.8. The summed E-state index contributed by atoms with van der Waals surface area (Å²) in [5, 5.41) is 13.6. The third-order valence-electron chi connectivity index (χ3n) is 7.38. The van der Waals surface area contributed by atoms with E-state index in [9.17, 15) is 14.4 Å². The van der Waals surface area contributed by atoms with Crippen molar-refractivity contribution in [1.82, 2.24) is 15.2 Å². The zero-order valence-corrected chi connectivity index (χ0v) is 27.7. The number of carbonyl (C=O) groups excluding carboxylic acids is 2. The van der Waals surface area contributed by atoms with E-state index >= 15 is 0 Å². The molecule has 2 amide bonds. The average Bonchev–Trinajstić information content (AvgIpc) is 3.64. The molecule has 5 rings (SSSR count). The Morgan fingerprint density at radius 2 is 1.35 bits per heavy atom. The van der Waals surface area contributed by atoms with Gasteiger partial charge in [-0.15, -0.1) is 11.3 Å². The maximum atomic E-state index is 12.9. The lowest BCUT2D eigenvalue weighted by molar-refractivity contribution is -0.139. The quantitative estimate of drug-likeness (QED) is 0.108. The van der Waals surface area contributed by atoms with E-state index in [1.807, 2.05) is 84.2 Å². The van der Waals surface area contributed by atoms with Crippen LogP contribution in [0.15, 0.2) is 126 Å². The number of rotatable bonds is 16. The number of hydrogen-bond acceptors (Lipinski definition) is 6. The van der Waals surface area contributed by atoms with Gasteiger partial charge in [0.15, 0.2) is 6.61 Å². The first-order valence-corrected chi connectivity index (χ1v) is 16.9. The van der Waals surface area contributed by atoms with E-state index in [1.54, 1.807) is 22.5 Å². The molecule has 2 N–H and O–H groups in total. The van der Waals surface area contributed by atoms with Crippen LogP contribution in [0.4, 0.5) is 0 Å². The molecule has 0 saturated heterocycles. The molecule has 248 valence electrons. The highest BCUT2D eigenvalue weighted by Gasteiger charge is 2.16. The minimum atomic E-state index is -1.02. The number of aliphatic carboxylic acids is 1. The molecule has 0 aliphatic carbocycles. The molecule has 0 radical (unpaired) electrons. The number of carboxylic acid groups (broad SMARTS) is 1. The highest BCUT2D eigenvalue weighted by atomic mass is 32.1. The standard InChI is InChI=1S/C22H22N2O4S.C17H19NO/c25-21(11-8-17-4-2-1-3-5-17)24(13-19-15-29-16-23-19)12-18-6-9-20(10-7-18)28-14-22(26)27;19-17(16-12-5-2-6-13-16)18-14-8-7-11-15-9-3-1-4-10-15/h1-7,9-10,15-16H,8,11-14H2,(H,26,27);1-6,9-10,12-13H,7-8,11,14H2,(H,18,19). The summed E-state index contributed by atoms with van der Waals surface area (Å²) in [6, 6.07) is 36.8. The van der Waals surface area contributed by atoms with Crippen molar-refractivity contribution in [2.75, 3.05) is 13.2 Å². The Morgan fingerprint density at radius 3 is 1.96 bits per heavy atom. The van der Waals surface area contributed by atoms with E-state index < -0.39 is 5.97 Å². The molecule has 0 spiro atoms. The van der Waals surface area contributed by atoms with E-state index in [0.717, 1.165) is 48.2 Å². The van der Waals surface area contributed by atoms with Crippen molar-refractivity contribution < 1.29 is 24.2 Å². The summed E-state index contributed by atoms with van der Waals surface area (Å²) in [5.74, 6) is -0.460. The molecule has 48 heavy (non-hydrogen) atoms. The number of benzene rings is 4. The zero-order valence-electron chi connectivity index (χ0n) is 26.9. The first-order valence-electron chi connectivity index (χ1n) is 16.0. The Balaban J connectivity index is 0.000000237. The number of nitrogens with one attached hydrogen (secondary N) is 1. The monoisotopic (exact) mass is 663 g/mol. The maximum Gasteiger partial charge on any atom is 0.341 e. The number of hydrogen-bond donors (Lipinski definition) is 2. The van der Waals surface area contributed by atoms with Crippen LogP contribution in [-0.2, 0) is 35.5 Å². The van der Waals surface area contributed by atoms with Gasteiger partial charge in [0, 0.05) is 30.5 Å². The van der Waals surface area contributed by atoms with Gasteiger partial charge in [-0.25, -0.2) is 9.78 Å². The lowest BCUT2D eigenvalue weighted by atomic mass is 10.1. The topological polar surface area (TPSA) is 109 Å². The van der Waals surface area contributed by atoms with Crippen LogP contribution >= 0.6 is 11.3 Å². The lowest BCUT2D eigenvalue weighted by Gasteiger charge is -2.22. The Kier molecular flexibility index (Phi) is 14.9. The number of aromatic nitrogens is 1. The molecule has 0 fully saturated rings. The van der Waals surface area contributed by atoms with E-state index in [-0.39, 0.29) is 18.4 Å². The SMILES string of the molecule is O=C(NCCCCc1ccccc1)c1ccccc1.O=C(O)COc1ccc(CN(Cc2cscn2)C(=O)CCc2ccccc2)cc1. The smallest absolute Gasteiger partial charge is 0.341 e. The Hall–Kier alpha value is -5.28. The minimum Gasteiger partial charge on any atom is -0.482 e. The maximum absolute atomic E-state index is 12.9. The minimum absolute atomic E-state index is 0.0142. The molecule has 4 aromatic carbocycles. The number of aryl methyl sites for hydroxylation is 2. The van der Waals surface area contributed by atoms with Gasteiger partial charge in [-0.1, -0.05) is 91.0 Å².